The molecule has 2 heterocycles. The van der Waals surface area contributed by atoms with Gasteiger partial charge in [0.1, 0.15) is 23.0 Å². The molecule has 2 unspecified atom stereocenters. The van der Waals surface area contributed by atoms with Crippen LogP contribution in [0, 0.1) is 29.0 Å². The summed E-state index contributed by atoms with van der Waals surface area (Å²) in [4.78, 5) is 25.9. The molecule has 1 saturated heterocycles. The van der Waals surface area contributed by atoms with Crippen molar-refractivity contribution in [1.82, 2.24) is 20.2 Å². The van der Waals surface area contributed by atoms with Crippen molar-refractivity contribution in [2.45, 2.75) is 25.9 Å². The molecule has 1 aliphatic carbocycles. The third kappa shape index (κ3) is 4.09. The summed E-state index contributed by atoms with van der Waals surface area (Å²) in [5, 5.41) is 15.2. The van der Waals surface area contributed by atoms with E-state index >= 15 is 0 Å². The molecule has 0 spiro atoms. The van der Waals surface area contributed by atoms with Crippen LogP contribution in [0.15, 0.2) is 39.3 Å². The number of nitriles is 1. The number of guanidine groups is 1. The van der Waals surface area contributed by atoms with Crippen LogP contribution in [0.5, 0.6) is 0 Å². The van der Waals surface area contributed by atoms with Crippen LogP contribution in [0.3, 0.4) is 0 Å². The predicted octanol–water partition coefficient (Wildman–Crippen LogP) is 1.83. The average molecular weight is 457 g/mol. The van der Waals surface area contributed by atoms with Gasteiger partial charge in [-0.1, -0.05) is 18.2 Å². The van der Waals surface area contributed by atoms with E-state index in [2.05, 4.69) is 32.2 Å². The molecule has 4 rings (SSSR count). The number of aliphatic imine (C=N–C) groups is 2. The standard InChI is InChI=1S/C21H22ClFN8O/c1-10(5-6-24)28-21(25)29-11(2)27-9-16-30-18-15(23)4-3-14(22)17(18)20(32)31(16)19-12-7-26-8-13(12)19/h3-4,12-13,19,26-27H,2,5,7-9H2,1H3,(H2,25,29)/b28-10-. The van der Waals surface area contributed by atoms with Gasteiger partial charge in [-0.25, -0.2) is 14.4 Å². The van der Waals surface area contributed by atoms with E-state index in [1.807, 2.05) is 6.07 Å². The summed E-state index contributed by atoms with van der Waals surface area (Å²) < 4.78 is 16.1. The van der Waals surface area contributed by atoms with Gasteiger partial charge in [-0.2, -0.15) is 10.3 Å². The summed E-state index contributed by atoms with van der Waals surface area (Å²) in [7, 11) is 0. The van der Waals surface area contributed by atoms with Crippen LogP contribution in [-0.4, -0.2) is 34.3 Å². The van der Waals surface area contributed by atoms with Gasteiger partial charge in [-0.05, 0) is 30.9 Å². The first kappa shape index (κ1) is 21.9. The van der Waals surface area contributed by atoms with E-state index in [4.69, 9.17) is 22.6 Å². The first-order valence-electron chi connectivity index (χ1n) is 10.1. The van der Waals surface area contributed by atoms with E-state index in [1.165, 1.54) is 12.1 Å². The maximum atomic E-state index is 14.5. The van der Waals surface area contributed by atoms with Gasteiger partial charge < -0.3 is 16.4 Å². The molecule has 2 fully saturated rings. The van der Waals surface area contributed by atoms with Gasteiger partial charge in [0.25, 0.3) is 5.56 Å². The summed E-state index contributed by atoms with van der Waals surface area (Å²) in [5.74, 6) is 0.540. The summed E-state index contributed by atoms with van der Waals surface area (Å²) in [5.41, 5.74) is 5.87. The Labute approximate surface area is 188 Å². The second kappa shape index (κ2) is 8.68. The molecule has 2 atom stereocenters. The number of hydrogen-bond acceptors (Lipinski definition) is 6. The maximum Gasteiger partial charge on any atom is 0.263 e. The lowest BCUT2D eigenvalue weighted by atomic mass is 10.2. The van der Waals surface area contributed by atoms with Crippen molar-refractivity contribution in [3.8, 4) is 6.07 Å². The van der Waals surface area contributed by atoms with Crippen LogP contribution >= 0.6 is 11.6 Å². The zero-order valence-electron chi connectivity index (χ0n) is 17.4. The average Bonchev–Trinajstić information content (AvgIpc) is 3.17. The van der Waals surface area contributed by atoms with Crippen molar-refractivity contribution in [1.29, 1.82) is 5.26 Å². The number of nitrogens with two attached hydrogens (primary N) is 1. The molecule has 1 saturated carbocycles. The smallest absolute Gasteiger partial charge is 0.263 e. The number of halogens is 2. The minimum absolute atomic E-state index is 0.0168. The number of aromatic nitrogens is 2. The molecule has 9 nitrogen and oxygen atoms in total. The summed E-state index contributed by atoms with van der Waals surface area (Å²) >= 11 is 6.23. The number of benzene rings is 1. The molecule has 0 bridgehead atoms. The highest BCUT2D eigenvalue weighted by atomic mass is 35.5. The number of nitrogens with zero attached hydrogens (tertiary/aromatic N) is 5. The zero-order valence-corrected chi connectivity index (χ0v) is 18.2. The molecule has 2 aliphatic rings. The number of fused-ring (bicyclic) bond motifs is 2. The third-order valence-electron chi connectivity index (χ3n) is 5.71. The van der Waals surface area contributed by atoms with Crippen LogP contribution in [0.2, 0.25) is 5.02 Å². The molecule has 4 N–H and O–H groups in total. The van der Waals surface area contributed by atoms with Crippen molar-refractivity contribution in [3.63, 3.8) is 0 Å². The van der Waals surface area contributed by atoms with E-state index in [9.17, 15) is 9.18 Å². The van der Waals surface area contributed by atoms with Crippen LogP contribution in [0.1, 0.15) is 25.2 Å². The van der Waals surface area contributed by atoms with Gasteiger partial charge in [0.2, 0.25) is 5.96 Å². The normalized spacial score (nSPS) is 22.5. The number of nitrogens with one attached hydrogen (secondary N) is 2. The highest BCUT2D eigenvalue weighted by Crippen LogP contribution is 2.52. The second-order valence-corrected chi connectivity index (χ2v) is 8.29. The lowest BCUT2D eigenvalue weighted by Crippen LogP contribution is -2.31. The lowest BCUT2D eigenvalue weighted by Gasteiger charge is -2.17. The highest BCUT2D eigenvalue weighted by Gasteiger charge is 2.55. The zero-order chi connectivity index (χ0) is 23.0. The predicted molar refractivity (Wildman–Crippen MR) is 121 cm³/mol. The van der Waals surface area contributed by atoms with Crippen LogP contribution in [-0.2, 0) is 6.54 Å². The number of hydrogen-bond donors (Lipinski definition) is 3. The highest BCUT2D eigenvalue weighted by molar-refractivity contribution is 6.35. The molecule has 1 aromatic carbocycles. The Bertz CT molecular complexity index is 1250. The minimum atomic E-state index is -0.615. The fourth-order valence-electron chi connectivity index (χ4n) is 4.21. The number of rotatable bonds is 6. The Kier molecular flexibility index (Phi) is 5.95. The summed E-state index contributed by atoms with van der Waals surface area (Å²) in [6.07, 6.45) is 0.135. The molecule has 0 radical (unpaired) electrons. The van der Waals surface area contributed by atoms with E-state index in [0.29, 0.717) is 23.4 Å². The van der Waals surface area contributed by atoms with Crippen molar-refractivity contribution in [2.75, 3.05) is 13.1 Å². The Balaban J connectivity index is 1.65. The first-order chi connectivity index (χ1) is 15.3. The quantitative estimate of drug-likeness (QED) is 0.448. The van der Waals surface area contributed by atoms with Gasteiger partial charge in [-0.3, -0.25) is 9.36 Å². The van der Waals surface area contributed by atoms with E-state index < -0.39 is 5.82 Å². The largest absolute Gasteiger partial charge is 0.368 e. The maximum absolute atomic E-state index is 14.5. The summed E-state index contributed by atoms with van der Waals surface area (Å²) in [6.45, 7) is 7.17. The van der Waals surface area contributed by atoms with Crippen LogP contribution in [0.4, 0.5) is 4.39 Å². The van der Waals surface area contributed by atoms with Crippen molar-refractivity contribution < 1.29 is 4.39 Å². The summed E-state index contributed by atoms with van der Waals surface area (Å²) in [6, 6.07) is 4.52. The molecular weight excluding hydrogens is 435 g/mol. The Morgan fingerprint density at radius 1 is 1.47 bits per heavy atom. The molecule has 11 heteroatoms. The van der Waals surface area contributed by atoms with Gasteiger partial charge in [-0.15, -0.1) is 0 Å². The van der Waals surface area contributed by atoms with Crippen molar-refractivity contribution in [2.24, 2.45) is 27.6 Å². The Hall–Kier alpha value is -3.29. The van der Waals surface area contributed by atoms with Crippen molar-refractivity contribution >= 4 is 34.2 Å². The number of piperidine rings is 1. The van der Waals surface area contributed by atoms with Crippen LogP contribution in [0.25, 0.3) is 10.9 Å². The molecule has 166 valence electrons. The second-order valence-electron chi connectivity index (χ2n) is 7.88. The monoisotopic (exact) mass is 456 g/mol. The third-order valence-corrected chi connectivity index (χ3v) is 6.03. The molecule has 2 aromatic rings. The van der Waals surface area contributed by atoms with E-state index in [-0.39, 0.29) is 52.3 Å². The molecule has 32 heavy (non-hydrogen) atoms. The van der Waals surface area contributed by atoms with Gasteiger partial charge in [0, 0.05) is 24.8 Å². The van der Waals surface area contributed by atoms with Gasteiger partial charge >= 0.3 is 0 Å². The minimum Gasteiger partial charge on any atom is -0.368 e. The molecule has 1 aliphatic heterocycles. The van der Waals surface area contributed by atoms with E-state index in [0.717, 1.165) is 13.1 Å². The molecule has 0 amide bonds. The molecule has 1 aromatic heterocycles. The SMILES string of the molecule is C=C(/N=C(N)\N=C(\C)CC#N)NCc1nc2c(F)ccc(Cl)c2c(=O)n1C1C2CNCC21. The fraction of sp³-hybridized carbons (Fsp3) is 0.381. The lowest BCUT2D eigenvalue weighted by molar-refractivity contribution is 0.520. The van der Waals surface area contributed by atoms with E-state index in [1.54, 1.807) is 11.5 Å². The Morgan fingerprint density at radius 3 is 2.88 bits per heavy atom. The van der Waals surface area contributed by atoms with Crippen LogP contribution < -0.4 is 21.9 Å². The van der Waals surface area contributed by atoms with Gasteiger partial charge in [0.05, 0.1) is 29.4 Å². The van der Waals surface area contributed by atoms with Crippen molar-refractivity contribution in [3.05, 3.63) is 51.6 Å². The molecular formula is C21H22ClFN8O. The Morgan fingerprint density at radius 2 is 2.19 bits per heavy atom. The van der Waals surface area contributed by atoms with Gasteiger partial charge in [0.15, 0.2) is 0 Å². The topological polar surface area (TPSA) is 133 Å². The fourth-order valence-corrected chi connectivity index (χ4v) is 4.44. The first-order valence-corrected chi connectivity index (χ1v) is 10.5.